The van der Waals surface area contributed by atoms with Crippen LogP contribution in [0.1, 0.15) is 16.8 Å². The van der Waals surface area contributed by atoms with Gasteiger partial charge in [-0.2, -0.15) is 0 Å². The smallest absolute Gasteiger partial charge is 0.0914 e. The zero-order chi connectivity index (χ0) is 14.8. The monoisotopic (exact) mass is 274 g/mol. The van der Waals surface area contributed by atoms with Crippen LogP contribution in [0.3, 0.4) is 0 Å². The minimum absolute atomic E-state index is 0.938. The third-order valence-corrected chi connectivity index (χ3v) is 3.66. The Morgan fingerprint density at radius 2 is 1.62 bits per heavy atom. The van der Waals surface area contributed by atoms with Crippen molar-refractivity contribution in [3.8, 4) is 22.5 Å². The van der Waals surface area contributed by atoms with Crippen molar-refractivity contribution in [2.24, 2.45) is 0 Å². The van der Waals surface area contributed by atoms with Gasteiger partial charge in [0.15, 0.2) is 0 Å². The molecule has 0 saturated carbocycles. The standard InChI is InChI=1S/C19H18N2/c1-13-9-10-14(2)17(11-13)18-12-20-19(15(3)21-18)16-7-5-4-6-8-16/h4-12H,1-3H3. The summed E-state index contributed by atoms with van der Waals surface area (Å²) in [4.78, 5) is 9.39. The maximum absolute atomic E-state index is 4.76. The number of rotatable bonds is 2. The van der Waals surface area contributed by atoms with E-state index in [1.54, 1.807) is 0 Å². The fourth-order valence-corrected chi connectivity index (χ4v) is 2.50. The molecule has 0 radical (unpaired) electrons. The highest BCUT2D eigenvalue weighted by Crippen LogP contribution is 2.26. The molecule has 0 aliphatic rings. The van der Waals surface area contributed by atoms with E-state index >= 15 is 0 Å². The van der Waals surface area contributed by atoms with Crippen LogP contribution in [0.5, 0.6) is 0 Å². The lowest BCUT2D eigenvalue weighted by molar-refractivity contribution is 1.12. The van der Waals surface area contributed by atoms with E-state index in [1.165, 1.54) is 11.1 Å². The number of nitrogens with zero attached hydrogens (tertiary/aromatic N) is 2. The summed E-state index contributed by atoms with van der Waals surface area (Å²) in [5, 5.41) is 0. The molecule has 3 aromatic rings. The molecule has 0 bridgehead atoms. The zero-order valence-electron chi connectivity index (χ0n) is 12.6. The van der Waals surface area contributed by atoms with E-state index in [9.17, 15) is 0 Å². The lowest BCUT2D eigenvalue weighted by Gasteiger charge is -2.10. The van der Waals surface area contributed by atoms with Crippen molar-refractivity contribution in [3.05, 3.63) is 71.5 Å². The Kier molecular flexibility index (Phi) is 3.53. The quantitative estimate of drug-likeness (QED) is 0.674. The first-order valence-corrected chi connectivity index (χ1v) is 7.12. The summed E-state index contributed by atoms with van der Waals surface area (Å²) in [6.45, 7) is 6.22. The van der Waals surface area contributed by atoms with Crippen molar-refractivity contribution in [2.45, 2.75) is 20.8 Å². The molecule has 0 saturated heterocycles. The van der Waals surface area contributed by atoms with Crippen molar-refractivity contribution in [3.63, 3.8) is 0 Å². The Morgan fingerprint density at radius 1 is 0.857 bits per heavy atom. The Labute approximate surface area is 125 Å². The molecule has 0 atom stereocenters. The minimum atomic E-state index is 0.938. The predicted molar refractivity (Wildman–Crippen MR) is 87.1 cm³/mol. The normalized spacial score (nSPS) is 10.6. The summed E-state index contributed by atoms with van der Waals surface area (Å²) in [5.74, 6) is 0. The Hall–Kier alpha value is -2.48. The molecule has 3 rings (SSSR count). The van der Waals surface area contributed by atoms with Crippen molar-refractivity contribution in [1.29, 1.82) is 0 Å². The first kappa shape index (κ1) is 13.5. The molecule has 0 amide bonds. The van der Waals surface area contributed by atoms with Crippen LogP contribution in [-0.2, 0) is 0 Å². The van der Waals surface area contributed by atoms with E-state index in [0.717, 1.165) is 28.2 Å². The number of aryl methyl sites for hydroxylation is 3. The van der Waals surface area contributed by atoms with Gasteiger partial charge in [-0.15, -0.1) is 0 Å². The number of aromatic nitrogens is 2. The first-order valence-electron chi connectivity index (χ1n) is 7.12. The van der Waals surface area contributed by atoms with Gasteiger partial charge < -0.3 is 0 Å². The molecule has 2 heteroatoms. The van der Waals surface area contributed by atoms with Crippen LogP contribution >= 0.6 is 0 Å². The van der Waals surface area contributed by atoms with E-state index in [1.807, 2.05) is 31.3 Å². The average molecular weight is 274 g/mol. The molecule has 104 valence electrons. The van der Waals surface area contributed by atoms with Gasteiger partial charge in [0.25, 0.3) is 0 Å². The van der Waals surface area contributed by atoms with Gasteiger partial charge in [-0.05, 0) is 32.4 Å². The second-order valence-electron chi connectivity index (χ2n) is 5.37. The molecule has 1 heterocycles. The van der Waals surface area contributed by atoms with Crippen LogP contribution in [0.25, 0.3) is 22.5 Å². The maximum Gasteiger partial charge on any atom is 0.0914 e. The second kappa shape index (κ2) is 5.49. The van der Waals surface area contributed by atoms with Gasteiger partial charge in [-0.3, -0.25) is 4.98 Å². The van der Waals surface area contributed by atoms with Gasteiger partial charge in [-0.1, -0.05) is 48.0 Å². The summed E-state index contributed by atoms with van der Waals surface area (Å²) < 4.78 is 0. The largest absolute Gasteiger partial charge is 0.252 e. The SMILES string of the molecule is Cc1ccc(C)c(-c2cnc(-c3ccccc3)c(C)n2)c1. The Balaban J connectivity index is 2.08. The topological polar surface area (TPSA) is 25.8 Å². The van der Waals surface area contributed by atoms with Gasteiger partial charge >= 0.3 is 0 Å². The number of hydrogen-bond acceptors (Lipinski definition) is 2. The van der Waals surface area contributed by atoms with E-state index in [0.29, 0.717) is 0 Å². The Bertz CT molecular complexity index is 777. The van der Waals surface area contributed by atoms with Crippen LogP contribution in [-0.4, -0.2) is 9.97 Å². The van der Waals surface area contributed by atoms with Crippen LogP contribution in [0.2, 0.25) is 0 Å². The van der Waals surface area contributed by atoms with Gasteiger partial charge in [-0.25, -0.2) is 4.98 Å². The van der Waals surface area contributed by atoms with Gasteiger partial charge in [0.2, 0.25) is 0 Å². The molecule has 0 aliphatic carbocycles. The number of benzene rings is 2. The third-order valence-electron chi connectivity index (χ3n) is 3.66. The fraction of sp³-hybridized carbons (Fsp3) is 0.158. The summed E-state index contributed by atoms with van der Waals surface area (Å²) in [6.07, 6.45) is 1.87. The highest BCUT2D eigenvalue weighted by molar-refractivity contribution is 5.67. The van der Waals surface area contributed by atoms with Crippen molar-refractivity contribution in [2.75, 3.05) is 0 Å². The molecule has 21 heavy (non-hydrogen) atoms. The van der Waals surface area contributed by atoms with Crippen molar-refractivity contribution < 1.29 is 0 Å². The van der Waals surface area contributed by atoms with Crippen LogP contribution in [0.4, 0.5) is 0 Å². The predicted octanol–water partition coefficient (Wildman–Crippen LogP) is 4.74. The number of hydrogen-bond donors (Lipinski definition) is 0. The molecule has 0 spiro atoms. The highest BCUT2D eigenvalue weighted by Gasteiger charge is 2.09. The van der Waals surface area contributed by atoms with Crippen molar-refractivity contribution >= 4 is 0 Å². The summed E-state index contributed by atoms with van der Waals surface area (Å²) in [5.41, 5.74) is 7.57. The fourth-order valence-electron chi connectivity index (χ4n) is 2.50. The van der Waals surface area contributed by atoms with Gasteiger partial charge in [0, 0.05) is 11.1 Å². The van der Waals surface area contributed by atoms with E-state index in [2.05, 4.69) is 49.2 Å². The highest BCUT2D eigenvalue weighted by atomic mass is 14.8. The molecular weight excluding hydrogens is 256 g/mol. The third kappa shape index (κ3) is 2.70. The maximum atomic E-state index is 4.76. The summed E-state index contributed by atoms with van der Waals surface area (Å²) >= 11 is 0. The lowest BCUT2D eigenvalue weighted by Crippen LogP contribution is -1.96. The minimum Gasteiger partial charge on any atom is -0.252 e. The van der Waals surface area contributed by atoms with E-state index in [-0.39, 0.29) is 0 Å². The van der Waals surface area contributed by atoms with E-state index in [4.69, 9.17) is 4.98 Å². The zero-order valence-corrected chi connectivity index (χ0v) is 12.6. The summed E-state index contributed by atoms with van der Waals surface area (Å²) in [6, 6.07) is 16.6. The van der Waals surface area contributed by atoms with Gasteiger partial charge in [0.1, 0.15) is 0 Å². The first-order chi connectivity index (χ1) is 10.1. The van der Waals surface area contributed by atoms with Crippen LogP contribution in [0, 0.1) is 20.8 Å². The van der Waals surface area contributed by atoms with Crippen LogP contribution in [0.15, 0.2) is 54.7 Å². The molecule has 2 aromatic carbocycles. The summed E-state index contributed by atoms with van der Waals surface area (Å²) in [7, 11) is 0. The lowest BCUT2D eigenvalue weighted by atomic mass is 10.0. The van der Waals surface area contributed by atoms with Crippen LogP contribution < -0.4 is 0 Å². The van der Waals surface area contributed by atoms with Gasteiger partial charge in [0.05, 0.1) is 23.3 Å². The average Bonchev–Trinajstić information content (AvgIpc) is 2.50. The molecule has 0 N–H and O–H groups in total. The molecule has 1 aromatic heterocycles. The van der Waals surface area contributed by atoms with Crippen molar-refractivity contribution in [1.82, 2.24) is 9.97 Å². The molecule has 0 fully saturated rings. The molecule has 0 aliphatic heterocycles. The molecular formula is C19H18N2. The van der Waals surface area contributed by atoms with E-state index < -0.39 is 0 Å². The molecule has 0 unspecified atom stereocenters. The Morgan fingerprint density at radius 3 is 2.33 bits per heavy atom. The second-order valence-corrected chi connectivity index (χ2v) is 5.37. The molecule has 2 nitrogen and oxygen atoms in total.